The van der Waals surface area contributed by atoms with Crippen LogP contribution in [0.5, 0.6) is 0 Å². The van der Waals surface area contributed by atoms with Gasteiger partial charge in [0.2, 0.25) is 0 Å². The summed E-state index contributed by atoms with van der Waals surface area (Å²) in [5, 5.41) is 16.0. The number of carbonyl (C=O) groups is 1. The van der Waals surface area contributed by atoms with Gasteiger partial charge in [0.1, 0.15) is 5.82 Å². The third-order valence-electron chi connectivity index (χ3n) is 3.69. The molecule has 124 valence electrons. The lowest BCUT2D eigenvalue weighted by atomic mass is 10.1. The van der Waals surface area contributed by atoms with Crippen LogP contribution >= 0.6 is 0 Å². The van der Waals surface area contributed by atoms with Crippen LogP contribution in [0.4, 0.5) is 4.39 Å². The van der Waals surface area contributed by atoms with Crippen LogP contribution in [0.3, 0.4) is 0 Å². The summed E-state index contributed by atoms with van der Waals surface area (Å²) < 4.78 is 14.7. The molecule has 0 radical (unpaired) electrons. The third kappa shape index (κ3) is 4.16. The van der Waals surface area contributed by atoms with Gasteiger partial charge in [0.05, 0.1) is 23.1 Å². The highest BCUT2D eigenvalue weighted by Crippen LogP contribution is 2.16. The molecule has 1 atom stereocenters. The van der Waals surface area contributed by atoms with Crippen LogP contribution in [0.1, 0.15) is 42.7 Å². The van der Waals surface area contributed by atoms with Crippen LogP contribution in [-0.4, -0.2) is 33.4 Å². The van der Waals surface area contributed by atoms with Gasteiger partial charge in [0.25, 0.3) is 5.91 Å². The smallest absolute Gasteiger partial charge is 0.254 e. The van der Waals surface area contributed by atoms with Crippen molar-refractivity contribution in [3.63, 3.8) is 0 Å². The maximum atomic E-state index is 13.1. The van der Waals surface area contributed by atoms with Crippen LogP contribution in [0, 0.1) is 5.82 Å². The van der Waals surface area contributed by atoms with Gasteiger partial charge in [0, 0.05) is 12.6 Å². The highest BCUT2D eigenvalue weighted by atomic mass is 19.1. The summed E-state index contributed by atoms with van der Waals surface area (Å²) in [4.78, 5) is 12.4. The van der Waals surface area contributed by atoms with Crippen molar-refractivity contribution in [3.05, 3.63) is 47.5 Å². The Labute approximate surface area is 135 Å². The second kappa shape index (κ2) is 7.87. The van der Waals surface area contributed by atoms with Crippen molar-refractivity contribution in [2.45, 2.75) is 39.2 Å². The van der Waals surface area contributed by atoms with Gasteiger partial charge in [-0.25, -0.2) is 9.07 Å². The number of hydrogen-bond acceptors (Lipinski definition) is 3. The largest absolute Gasteiger partial charge is 0.396 e. The van der Waals surface area contributed by atoms with Crippen molar-refractivity contribution in [2.24, 2.45) is 0 Å². The van der Waals surface area contributed by atoms with E-state index in [-0.39, 0.29) is 24.4 Å². The Morgan fingerprint density at radius 1 is 1.39 bits per heavy atom. The lowest BCUT2D eigenvalue weighted by Gasteiger charge is -2.13. The van der Waals surface area contributed by atoms with Crippen molar-refractivity contribution in [3.8, 4) is 5.69 Å². The molecule has 0 aliphatic rings. The van der Waals surface area contributed by atoms with Crippen LogP contribution in [0.2, 0.25) is 0 Å². The number of benzene rings is 1. The Morgan fingerprint density at radius 2 is 2.09 bits per heavy atom. The van der Waals surface area contributed by atoms with Gasteiger partial charge < -0.3 is 10.4 Å². The molecule has 1 heterocycles. The predicted octanol–water partition coefficient (Wildman–Crippen LogP) is 2.46. The summed E-state index contributed by atoms with van der Waals surface area (Å²) in [5.41, 5.74) is 2.02. The summed E-state index contributed by atoms with van der Waals surface area (Å²) in [6.45, 7) is 3.97. The first-order chi connectivity index (χ1) is 11.1. The standard InChI is InChI=1S/C17H22FN3O2/c1-3-16-15(17(23)20-12(2)5-4-10-22)11-19-21(16)14-8-6-13(18)7-9-14/h6-9,11-12,22H,3-5,10H2,1-2H3,(H,20,23). The van der Waals surface area contributed by atoms with E-state index in [4.69, 9.17) is 5.11 Å². The summed E-state index contributed by atoms with van der Waals surface area (Å²) in [6.07, 6.45) is 3.54. The molecule has 0 fully saturated rings. The number of aliphatic hydroxyl groups excluding tert-OH is 1. The van der Waals surface area contributed by atoms with Crippen molar-refractivity contribution < 1.29 is 14.3 Å². The minimum atomic E-state index is -0.311. The van der Waals surface area contributed by atoms with Gasteiger partial charge in [-0.1, -0.05) is 6.92 Å². The average molecular weight is 319 g/mol. The third-order valence-corrected chi connectivity index (χ3v) is 3.69. The van der Waals surface area contributed by atoms with E-state index in [1.807, 2.05) is 13.8 Å². The lowest BCUT2D eigenvalue weighted by molar-refractivity contribution is 0.0935. The number of nitrogens with one attached hydrogen (secondary N) is 1. The van der Waals surface area contributed by atoms with Gasteiger partial charge in [-0.05, 0) is 50.5 Å². The van der Waals surface area contributed by atoms with E-state index in [9.17, 15) is 9.18 Å². The molecule has 0 aliphatic carbocycles. The summed E-state index contributed by atoms with van der Waals surface area (Å²) in [6, 6.07) is 5.98. The van der Waals surface area contributed by atoms with Crippen LogP contribution in [-0.2, 0) is 6.42 Å². The normalized spacial score (nSPS) is 12.2. The number of hydrogen-bond donors (Lipinski definition) is 2. The second-order valence-electron chi connectivity index (χ2n) is 5.49. The van der Waals surface area contributed by atoms with Crippen LogP contribution in [0.15, 0.2) is 30.5 Å². The lowest BCUT2D eigenvalue weighted by Crippen LogP contribution is -2.33. The minimum Gasteiger partial charge on any atom is -0.396 e. The topological polar surface area (TPSA) is 67.2 Å². The minimum absolute atomic E-state index is 0.0199. The molecule has 6 heteroatoms. The number of aromatic nitrogens is 2. The first-order valence-corrected chi connectivity index (χ1v) is 7.81. The SMILES string of the molecule is CCc1c(C(=O)NC(C)CCCO)cnn1-c1ccc(F)cc1. The molecule has 23 heavy (non-hydrogen) atoms. The molecule has 2 rings (SSSR count). The molecule has 1 amide bonds. The predicted molar refractivity (Wildman–Crippen MR) is 86.1 cm³/mol. The first-order valence-electron chi connectivity index (χ1n) is 7.81. The van der Waals surface area contributed by atoms with Crippen molar-refractivity contribution >= 4 is 5.91 Å². The number of halogens is 1. The van der Waals surface area contributed by atoms with Gasteiger partial charge in [-0.15, -0.1) is 0 Å². The van der Waals surface area contributed by atoms with Gasteiger partial charge >= 0.3 is 0 Å². The molecular weight excluding hydrogens is 297 g/mol. The quantitative estimate of drug-likeness (QED) is 0.824. The molecule has 1 unspecified atom stereocenters. The maximum absolute atomic E-state index is 13.1. The molecule has 0 spiro atoms. The number of aliphatic hydroxyl groups is 1. The Morgan fingerprint density at radius 3 is 2.70 bits per heavy atom. The number of carbonyl (C=O) groups excluding carboxylic acids is 1. The monoisotopic (exact) mass is 319 g/mol. The Balaban J connectivity index is 2.20. The van der Waals surface area contributed by atoms with Crippen LogP contribution < -0.4 is 5.32 Å². The number of amides is 1. The first kappa shape index (κ1) is 17.1. The van der Waals surface area contributed by atoms with E-state index in [1.165, 1.54) is 18.3 Å². The zero-order valence-electron chi connectivity index (χ0n) is 13.4. The Kier molecular flexibility index (Phi) is 5.87. The summed E-state index contributed by atoms with van der Waals surface area (Å²) in [5.74, 6) is -0.490. The van der Waals surface area contributed by atoms with E-state index < -0.39 is 0 Å². The van der Waals surface area contributed by atoms with Crippen LogP contribution in [0.25, 0.3) is 5.69 Å². The Bertz CT molecular complexity index is 652. The number of nitrogens with zero attached hydrogens (tertiary/aromatic N) is 2. The van der Waals surface area contributed by atoms with E-state index in [0.29, 0.717) is 18.4 Å². The molecule has 0 aliphatic heterocycles. The molecule has 0 bridgehead atoms. The number of rotatable bonds is 7. The molecular formula is C17H22FN3O2. The highest BCUT2D eigenvalue weighted by Gasteiger charge is 2.18. The fourth-order valence-electron chi connectivity index (χ4n) is 2.48. The molecule has 2 N–H and O–H groups in total. The van der Waals surface area contributed by atoms with Crippen molar-refractivity contribution in [1.29, 1.82) is 0 Å². The molecule has 2 aromatic rings. The summed E-state index contributed by atoms with van der Waals surface area (Å²) in [7, 11) is 0. The molecule has 1 aromatic carbocycles. The van der Waals surface area contributed by atoms with Gasteiger partial charge in [-0.2, -0.15) is 5.10 Å². The second-order valence-corrected chi connectivity index (χ2v) is 5.49. The maximum Gasteiger partial charge on any atom is 0.254 e. The molecule has 0 saturated carbocycles. The van der Waals surface area contributed by atoms with E-state index in [0.717, 1.165) is 17.8 Å². The van der Waals surface area contributed by atoms with E-state index in [1.54, 1.807) is 16.8 Å². The average Bonchev–Trinajstić information content (AvgIpc) is 2.97. The molecule has 0 saturated heterocycles. The summed E-state index contributed by atoms with van der Waals surface area (Å²) >= 11 is 0. The zero-order chi connectivity index (χ0) is 16.8. The van der Waals surface area contributed by atoms with Gasteiger partial charge in [-0.3, -0.25) is 4.79 Å². The van der Waals surface area contributed by atoms with Gasteiger partial charge in [0.15, 0.2) is 0 Å². The fraction of sp³-hybridized carbons (Fsp3) is 0.412. The molecule has 5 nitrogen and oxygen atoms in total. The highest BCUT2D eigenvalue weighted by molar-refractivity contribution is 5.95. The van der Waals surface area contributed by atoms with E-state index in [2.05, 4.69) is 10.4 Å². The van der Waals surface area contributed by atoms with E-state index >= 15 is 0 Å². The zero-order valence-corrected chi connectivity index (χ0v) is 13.4. The fourth-order valence-corrected chi connectivity index (χ4v) is 2.48. The molecule has 1 aromatic heterocycles. The Hall–Kier alpha value is -2.21. The van der Waals surface area contributed by atoms with Crippen molar-refractivity contribution in [2.75, 3.05) is 6.61 Å². The van der Waals surface area contributed by atoms with Crippen molar-refractivity contribution in [1.82, 2.24) is 15.1 Å².